The van der Waals surface area contributed by atoms with Crippen LogP contribution in [0, 0.1) is 17.7 Å². The van der Waals surface area contributed by atoms with Gasteiger partial charge in [-0.2, -0.15) is 4.39 Å². The highest BCUT2D eigenvalue weighted by molar-refractivity contribution is 5.47. The summed E-state index contributed by atoms with van der Waals surface area (Å²) < 4.78 is 67.6. The maximum atomic E-state index is 14.6. The molecule has 162 valence electrons. The molecular formula is C22H28F4O3. The van der Waals surface area contributed by atoms with Crippen molar-refractivity contribution in [2.45, 2.75) is 64.1 Å². The van der Waals surface area contributed by atoms with Gasteiger partial charge in [-0.3, -0.25) is 0 Å². The van der Waals surface area contributed by atoms with Crippen LogP contribution in [0.5, 0.6) is 17.2 Å². The monoisotopic (exact) mass is 416 g/mol. The number of benzene rings is 1. The van der Waals surface area contributed by atoms with E-state index < -0.39 is 17.9 Å². The zero-order chi connectivity index (χ0) is 20.7. The largest absolute Gasteiger partial charge is 0.573 e. The average molecular weight is 416 g/mol. The van der Waals surface area contributed by atoms with E-state index in [0.717, 1.165) is 19.3 Å². The van der Waals surface area contributed by atoms with Gasteiger partial charge >= 0.3 is 6.36 Å². The molecule has 0 spiro atoms. The van der Waals surface area contributed by atoms with Crippen LogP contribution < -0.4 is 14.2 Å². The third kappa shape index (κ3) is 6.82. The standard InChI is InChI=1S/C22H28F4O3/c23-20-18(27-14-4-10-16-6-1-2-7-16)12-13-19(21(20)29-22(24,25)26)28-15-5-11-17-8-3-9-17/h4,10,12-13,16-17H,1-3,5-9,11,14-15H2/b10-4+. The van der Waals surface area contributed by atoms with Gasteiger partial charge < -0.3 is 14.2 Å². The Bertz CT molecular complexity index is 677. The second-order valence-electron chi connectivity index (χ2n) is 7.82. The van der Waals surface area contributed by atoms with E-state index in [4.69, 9.17) is 9.47 Å². The van der Waals surface area contributed by atoms with Crippen LogP contribution in [0.3, 0.4) is 0 Å². The van der Waals surface area contributed by atoms with E-state index in [2.05, 4.69) is 4.74 Å². The quantitative estimate of drug-likeness (QED) is 0.238. The van der Waals surface area contributed by atoms with Crippen LogP contribution in [-0.2, 0) is 0 Å². The van der Waals surface area contributed by atoms with Crippen LogP contribution in [0.4, 0.5) is 17.6 Å². The molecule has 3 rings (SSSR count). The first-order chi connectivity index (χ1) is 13.9. The van der Waals surface area contributed by atoms with Crippen molar-refractivity contribution in [3.8, 4) is 17.2 Å². The lowest BCUT2D eigenvalue weighted by Gasteiger charge is -2.25. The fraction of sp³-hybridized carbons (Fsp3) is 0.636. The number of alkyl halides is 3. The average Bonchev–Trinajstić information content (AvgIpc) is 3.13. The van der Waals surface area contributed by atoms with Gasteiger partial charge in [0.05, 0.1) is 6.61 Å². The van der Waals surface area contributed by atoms with Gasteiger partial charge in [0.2, 0.25) is 11.6 Å². The van der Waals surface area contributed by atoms with E-state index in [1.165, 1.54) is 44.2 Å². The van der Waals surface area contributed by atoms with Crippen LogP contribution in [0.25, 0.3) is 0 Å². The minimum atomic E-state index is -5.02. The summed E-state index contributed by atoms with van der Waals surface area (Å²) >= 11 is 0. The molecule has 0 radical (unpaired) electrons. The molecule has 0 N–H and O–H groups in total. The molecule has 0 aliphatic heterocycles. The molecule has 1 aromatic carbocycles. The summed E-state index contributed by atoms with van der Waals surface area (Å²) in [6.45, 7) is 0.301. The zero-order valence-corrected chi connectivity index (χ0v) is 16.5. The van der Waals surface area contributed by atoms with Gasteiger partial charge in [-0.25, -0.2) is 0 Å². The summed E-state index contributed by atoms with van der Waals surface area (Å²) in [5.74, 6) is -1.55. The lowest BCUT2D eigenvalue weighted by Crippen LogP contribution is -2.19. The predicted octanol–water partition coefficient (Wildman–Crippen LogP) is 6.81. The number of hydrogen-bond acceptors (Lipinski definition) is 3. The maximum Gasteiger partial charge on any atom is 0.573 e. The number of ether oxygens (including phenoxy) is 3. The van der Waals surface area contributed by atoms with Gasteiger partial charge in [0.25, 0.3) is 0 Å². The second kappa shape index (κ2) is 10.2. The number of hydrogen-bond donors (Lipinski definition) is 0. The van der Waals surface area contributed by atoms with Crippen LogP contribution in [0.2, 0.25) is 0 Å². The minimum Gasteiger partial charge on any atom is -0.490 e. The molecule has 0 unspecified atom stereocenters. The molecule has 1 aromatic rings. The SMILES string of the molecule is Fc1c(OC/C=C/C2CCCC2)ccc(OCCCC2CCC2)c1OC(F)(F)F. The van der Waals surface area contributed by atoms with Crippen molar-refractivity contribution in [3.63, 3.8) is 0 Å². The van der Waals surface area contributed by atoms with E-state index in [9.17, 15) is 17.6 Å². The Morgan fingerprint density at radius 1 is 0.966 bits per heavy atom. The summed E-state index contributed by atoms with van der Waals surface area (Å²) in [4.78, 5) is 0. The first kappa shape index (κ1) is 21.8. The number of allylic oxidation sites excluding steroid dienone is 1. The smallest absolute Gasteiger partial charge is 0.490 e. The van der Waals surface area contributed by atoms with Gasteiger partial charge in [0, 0.05) is 0 Å². The molecule has 2 saturated carbocycles. The first-order valence-corrected chi connectivity index (χ1v) is 10.4. The Morgan fingerprint density at radius 3 is 2.34 bits per heavy atom. The van der Waals surface area contributed by atoms with E-state index in [0.29, 0.717) is 18.3 Å². The number of rotatable bonds is 10. The molecule has 0 atom stereocenters. The van der Waals surface area contributed by atoms with E-state index in [1.807, 2.05) is 6.08 Å². The minimum absolute atomic E-state index is 0.0838. The van der Waals surface area contributed by atoms with Gasteiger partial charge in [-0.1, -0.05) is 44.3 Å². The molecule has 0 heterocycles. The van der Waals surface area contributed by atoms with Gasteiger partial charge in [0.15, 0.2) is 11.5 Å². The highest BCUT2D eigenvalue weighted by Crippen LogP contribution is 2.39. The van der Waals surface area contributed by atoms with Crippen molar-refractivity contribution < 1.29 is 31.8 Å². The summed E-state index contributed by atoms with van der Waals surface area (Å²) in [5, 5.41) is 0. The van der Waals surface area contributed by atoms with Crippen LogP contribution in [-0.4, -0.2) is 19.6 Å². The molecule has 2 aliphatic carbocycles. The topological polar surface area (TPSA) is 27.7 Å². The molecular weight excluding hydrogens is 388 g/mol. The van der Waals surface area contributed by atoms with Gasteiger partial charge in [-0.15, -0.1) is 13.2 Å². The Labute approximate surface area is 169 Å². The van der Waals surface area contributed by atoms with E-state index in [1.54, 1.807) is 6.08 Å². The third-order valence-corrected chi connectivity index (χ3v) is 5.63. The van der Waals surface area contributed by atoms with Crippen LogP contribution in [0.1, 0.15) is 57.8 Å². The molecule has 3 nitrogen and oxygen atoms in total. The Hall–Kier alpha value is -1.92. The van der Waals surface area contributed by atoms with Crippen molar-refractivity contribution in [1.82, 2.24) is 0 Å². The number of halogens is 4. The Kier molecular flexibility index (Phi) is 7.67. The summed E-state index contributed by atoms with van der Waals surface area (Å²) in [7, 11) is 0. The van der Waals surface area contributed by atoms with Crippen LogP contribution >= 0.6 is 0 Å². The van der Waals surface area contributed by atoms with E-state index >= 15 is 0 Å². The summed E-state index contributed by atoms with van der Waals surface area (Å²) in [5.41, 5.74) is 0. The highest BCUT2D eigenvalue weighted by Gasteiger charge is 2.35. The predicted molar refractivity (Wildman–Crippen MR) is 102 cm³/mol. The van der Waals surface area contributed by atoms with Crippen molar-refractivity contribution in [1.29, 1.82) is 0 Å². The molecule has 29 heavy (non-hydrogen) atoms. The lowest BCUT2D eigenvalue weighted by atomic mass is 9.82. The Balaban J connectivity index is 1.59. The molecule has 0 bridgehead atoms. The lowest BCUT2D eigenvalue weighted by molar-refractivity contribution is -0.276. The molecule has 7 heteroatoms. The molecule has 0 aromatic heterocycles. The summed E-state index contributed by atoms with van der Waals surface area (Å²) in [6.07, 6.45) is 8.73. The first-order valence-electron chi connectivity index (χ1n) is 10.4. The molecule has 2 aliphatic rings. The normalized spacial score (nSPS) is 18.2. The molecule has 0 saturated heterocycles. The highest BCUT2D eigenvalue weighted by atomic mass is 19.4. The van der Waals surface area contributed by atoms with Gasteiger partial charge in [0.1, 0.15) is 6.61 Å². The third-order valence-electron chi connectivity index (χ3n) is 5.63. The maximum absolute atomic E-state index is 14.6. The van der Waals surface area contributed by atoms with Crippen molar-refractivity contribution >= 4 is 0 Å². The molecule has 2 fully saturated rings. The van der Waals surface area contributed by atoms with Crippen molar-refractivity contribution in [3.05, 3.63) is 30.1 Å². The fourth-order valence-electron chi connectivity index (χ4n) is 3.83. The fourth-order valence-corrected chi connectivity index (χ4v) is 3.83. The van der Waals surface area contributed by atoms with Crippen LogP contribution in [0.15, 0.2) is 24.3 Å². The molecule has 0 amide bonds. The van der Waals surface area contributed by atoms with Crippen molar-refractivity contribution in [2.24, 2.45) is 11.8 Å². The van der Waals surface area contributed by atoms with E-state index in [-0.39, 0.29) is 24.7 Å². The Morgan fingerprint density at radius 2 is 1.69 bits per heavy atom. The summed E-state index contributed by atoms with van der Waals surface area (Å²) in [6, 6.07) is 2.55. The van der Waals surface area contributed by atoms with Gasteiger partial charge in [-0.05, 0) is 49.7 Å². The second-order valence-corrected chi connectivity index (χ2v) is 7.82. The zero-order valence-electron chi connectivity index (χ0n) is 16.5. The van der Waals surface area contributed by atoms with Crippen molar-refractivity contribution in [2.75, 3.05) is 13.2 Å².